The summed E-state index contributed by atoms with van der Waals surface area (Å²) in [7, 11) is 0. The topological polar surface area (TPSA) is 66.9 Å². The summed E-state index contributed by atoms with van der Waals surface area (Å²) in [5.74, 6) is 0.234. The molecule has 19 heavy (non-hydrogen) atoms. The van der Waals surface area contributed by atoms with Crippen LogP contribution in [0.3, 0.4) is 0 Å². The molecule has 0 saturated carbocycles. The van der Waals surface area contributed by atoms with Gasteiger partial charge in [-0.3, -0.25) is 4.79 Å². The van der Waals surface area contributed by atoms with Gasteiger partial charge < -0.3 is 10.6 Å². The van der Waals surface area contributed by atoms with Gasteiger partial charge in [0.1, 0.15) is 0 Å². The van der Waals surface area contributed by atoms with Crippen LogP contribution >= 0.6 is 0 Å². The normalized spacial score (nSPS) is 9.68. The van der Waals surface area contributed by atoms with E-state index in [1.165, 1.54) is 12.4 Å². The average Bonchev–Trinajstić information content (AvgIpc) is 2.46. The van der Waals surface area contributed by atoms with Crippen LogP contribution in [0.5, 0.6) is 0 Å². The quantitative estimate of drug-likeness (QED) is 0.802. The molecule has 2 N–H and O–H groups in total. The predicted molar refractivity (Wildman–Crippen MR) is 74.3 cm³/mol. The van der Waals surface area contributed by atoms with E-state index in [0.717, 1.165) is 5.69 Å². The van der Waals surface area contributed by atoms with Gasteiger partial charge in [0.05, 0.1) is 5.56 Å². The number of hydrogen-bond acceptors (Lipinski definition) is 4. The number of carbonyl (C=O) groups excluding carboxylic acids is 1. The van der Waals surface area contributed by atoms with E-state index in [4.69, 9.17) is 0 Å². The van der Waals surface area contributed by atoms with E-state index in [-0.39, 0.29) is 5.91 Å². The monoisotopic (exact) mass is 254 g/mol. The molecule has 1 amide bonds. The molecule has 0 spiro atoms. The van der Waals surface area contributed by atoms with Crippen molar-refractivity contribution in [2.75, 3.05) is 11.9 Å². The second-order valence-corrected chi connectivity index (χ2v) is 3.79. The summed E-state index contributed by atoms with van der Waals surface area (Å²) in [6.45, 7) is 3.95. The number of amides is 1. The van der Waals surface area contributed by atoms with E-state index in [2.05, 4.69) is 27.2 Å². The Kier molecular flexibility index (Phi) is 4.23. The Morgan fingerprint density at radius 1 is 1.21 bits per heavy atom. The van der Waals surface area contributed by atoms with Crippen LogP contribution in [0.2, 0.25) is 0 Å². The van der Waals surface area contributed by atoms with Crippen LogP contribution in [-0.2, 0) is 0 Å². The number of anilines is 2. The molecule has 1 aromatic heterocycles. The van der Waals surface area contributed by atoms with Gasteiger partial charge >= 0.3 is 0 Å². The van der Waals surface area contributed by atoms with Crippen molar-refractivity contribution in [1.82, 2.24) is 15.3 Å². The number of para-hydroxylation sites is 1. The molecule has 5 heteroatoms. The Balaban J connectivity index is 2.02. The molecule has 0 radical (unpaired) electrons. The van der Waals surface area contributed by atoms with E-state index in [9.17, 15) is 4.79 Å². The highest BCUT2D eigenvalue weighted by Gasteiger charge is 2.05. The van der Waals surface area contributed by atoms with Gasteiger partial charge in [-0.1, -0.05) is 24.3 Å². The fourth-order valence-electron chi connectivity index (χ4n) is 1.43. The first-order valence-electron chi connectivity index (χ1n) is 5.83. The third kappa shape index (κ3) is 3.64. The Bertz CT molecular complexity index is 551. The second kappa shape index (κ2) is 6.30. The highest BCUT2D eigenvalue weighted by atomic mass is 16.1. The largest absolute Gasteiger partial charge is 0.348 e. The standard InChI is InChI=1S/C14H14N4O/c1-2-8-15-13(19)11-9-16-14(17-10-11)18-12-6-4-3-5-7-12/h2-7,9-10H,1,8H2,(H,15,19)(H,16,17,18). The molecule has 0 unspecified atom stereocenters. The lowest BCUT2D eigenvalue weighted by atomic mass is 10.3. The molecule has 2 rings (SSSR count). The minimum Gasteiger partial charge on any atom is -0.348 e. The predicted octanol–water partition coefficient (Wildman–Crippen LogP) is 2.14. The summed E-state index contributed by atoms with van der Waals surface area (Å²) in [6.07, 6.45) is 4.58. The molecule has 0 atom stereocenters. The van der Waals surface area contributed by atoms with Crippen LogP contribution in [0.15, 0.2) is 55.4 Å². The van der Waals surface area contributed by atoms with E-state index in [1.54, 1.807) is 6.08 Å². The van der Waals surface area contributed by atoms with Crippen molar-refractivity contribution in [3.63, 3.8) is 0 Å². The summed E-state index contributed by atoms with van der Waals surface area (Å²) < 4.78 is 0. The van der Waals surface area contributed by atoms with Gasteiger partial charge in [0.2, 0.25) is 5.95 Å². The Hall–Kier alpha value is -2.69. The van der Waals surface area contributed by atoms with Crippen molar-refractivity contribution in [1.29, 1.82) is 0 Å². The summed E-state index contributed by atoms with van der Waals surface area (Å²) in [4.78, 5) is 19.8. The Morgan fingerprint density at radius 3 is 2.53 bits per heavy atom. The molecular weight excluding hydrogens is 240 g/mol. The highest BCUT2D eigenvalue weighted by Crippen LogP contribution is 2.11. The second-order valence-electron chi connectivity index (χ2n) is 3.79. The third-order valence-electron chi connectivity index (χ3n) is 2.35. The zero-order chi connectivity index (χ0) is 13.5. The minimum absolute atomic E-state index is 0.217. The van der Waals surface area contributed by atoms with Crippen molar-refractivity contribution in [2.45, 2.75) is 0 Å². The Morgan fingerprint density at radius 2 is 1.89 bits per heavy atom. The molecule has 1 heterocycles. The fourth-order valence-corrected chi connectivity index (χ4v) is 1.43. The number of rotatable bonds is 5. The van der Waals surface area contributed by atoms with E-state index >= 15 is 0 Å². The first kappa shape index (κ1) is 12.8. The third-order valence-corrected chi connectivity index (χ3v) is 2.35. The van der Waals surface area contributed by atoms with Crippen molar-refractivity contribution in [2.24, 2.45) is 0 Å². The first-order valence-corrected chi connectivity index (χ1v) is 5.83. The van der Waals surface area contributed by atoms with Crippen LogP contribution in [-0.4, -0.2) is 22.4 Å². The van der Waals surface area contributed by atoms with Crippen LogP contribution < -0.4 is 10.6 Å². The summed E-state index contributed by atoms with van der Waals surface area (Å²) in [5.41, 5.74) is 1.31. The van der Waals surface area contributed by atoms with Crippen LogP contribution in [0.25, 0.3) is 0 Å². The molecule has 0 aliphatic rings. The number of aromatic nitrogens is 2. The van der Waals surface area contributed by atoms with Crippen LogP contribution in [0, 0.1) is 0 Å². The number of carbonyl (C=O) groups is 1. The Labute approximate surface area is 111 Å². The molecule has 0 aliphatic carbocycles. The smallest absolute Gasteiger partial charge is 0.254 e. The van der Waals surface area contributed by atoms with E-state index in [1.807, 2.05) is 30.3 Å². The summed E-state index contributed by atoms with van der Waals surface area (Å²) in [5, 5.41) is 5.70. The summed E-state index contributed by atoms with van der Waals surface area (Å²) in [6, 6.07) is 9.58. The maximum Gasteiger partial charge on any atom is 0.254 e. The van der Waals surface area contributed by atoms with Gasteiger partial charge in [0, 0.05) is 24.6 Å². The molecule has 0 fully saturated rings. The zero-order valence-electron chi connectivity index (χ0n) is 10.3. The lowest BCUT2D eigenvalue weighted by molar-refractivity contribution is 0.0957. The molecule has 0 aliphatic heterocycles. The van der Waals surface area contributed by atoms with E-state index < -0.39 is 0 Å². The van der Waals surface area contributed by atoms with Gasteiger partial charge in [-0.2, -0.15) is 0 Å². The van der Waals surface area contributed by atoms with Crippen LogP contribution in [0.4, 0.5) is 11.6 Å². The molecule has 96 valence electrons. The molecule has 0 saturated heterocycles. The lowest BCUT2D eigenvalue weighted by Gasteiger charge is -2.05. The van der Waals surface area contributed by atoms with Gasteiger partial charge in [0.15, 0.2) is 0 Å². The number of nitrogens with zero attached hydrogens (tertiary/aromatic N) is 2. The van der Waals surface area contributed by atoms with Crippen molar-refractivity contribution in [3.05, 3.63) is 60.9 Å². The SMILES string of the molecule is C=CCNC(=O)c1cnc(Nc2ccccc2)nc1. The molecule has 5 nitrogen and oxygen atoms in total. The first-order chi connectivity index (χ1) is 9.29. The molecule has 1 aromatic carbocycles. The average molecular weight is 254 g/mol. The van der Waals surface area contributed by atoms with Gasteiger partial charge in [-0.15, -0.1) is 6.58 Å². The van der Waals surface area contributed by atoms with Gasteiger partial charge in [-0.05, 0) is 12.1 Å². The number of hydrogen-bond donors (Lipinski definition) is 2. The minimum atomic E-state index is -0.217. The van der Waals surface area contributed by atoms with Gasteiger partial charge in [-0.25, -0.2) is 9.97 Å². The molecular formula is C14H14N4O. The zero-order valence-corrected chi connectivity index (χ0v) is 10.3. The maximum absolute atomic E-state index is 11.6. The molecule has 0 bridgehead atoms. The summed E-state index contributed by atoms with van der Waals surface area (Å²) >= 11 is 0. The van der Waals surface area contributed by atoms with Crippen molar-refractivity contribution in [3.8, 4) is 0 Å². The lowest BCUT2D eigenvalue weighted by Crippen LogP contribution is -2.23. The number of nitrogens with one attached hydrogen (secondary N) is 2. The van der Waals surface area contributed by atoms with Crippen molar-refractivity contribution >= 4 is 17.5 Å². The van der Waals surface area contributed by atoms with Crippen LogP contribution in [0.1, 0.15) is 10.4 Å². The molecule has 2 aromatic rings. The highest BCUT2D eigenvalue weighted by molar-refractivity contribution is 5.93. The van der Waals surface area contributed by atoms with E-state index in [0.29, 0.717) is 18.1 Å². The number of benzene rings is 1. The maximum atomic E-state index is 11.6. The fraction of sp³-hybridized carbons (Fsp3) is 0.0714. The van der Waals surface area contributed by atoms with Gasteiger partial charge in [0.25, 0.3) is 5.91 Å². The van der Waals surface area contributed by atoms with Crippen molar-refractivity contribution < 1.29 is 4.79 Å².